The molecule has 0 atom stereocenters. The van der Waals surface area contributed by atoms with E-state index in [-0.39, 0.29) is 11.3 Å². The zero-order valence-electron chi connectivity index (χ0n) is 16.3. The lowest BCUT2D eigenvalue weighted by Gasteiger charge is -2.38. The van der Waals surface area contributed by atoms with Gasteiger partial charge in [-0.2, -0.15) is 0 Å². The minimum atomic E-state index is -0.556. The maximum absolute atomic E-state index is 13.6. The van der Waals surface area contributed by atoms with Crippen LogP contribution in [0.2, 0.25) is 5.02 Å². The third-order valence-electron chi connectivity index (χ3n) is 6.69. The first-order chi connectivity index (χ1) is 13.6. The van der Waals surface area contributed by atoms with Crippen molar-refractivity contribution in [2.45, 2.75) is 49.4 Å². The lowest BCUT2D eigenvalue weighted by atomic mass is 9.72. The molecule has 0 spiro atoms. The standard InChI is InChI=1S/C24H28ClNO2/c25-21-10-6-9-20(17-21)24(13-15-28-16-14-24)22(27)26-18-23(11-4-5-12-23)19-7-2-1-3-8-19/h1-3,6-10,17H,4-5,11-16,18H2,(H,26,27). The van der Waals surface area contributed by atoms with Gasteiger partial charge >= 0.3 is 0 Å². The van der Waals surface area contributed by atoms with Crippen LogP contribution in [0.5, 0.6) is 0 Å². The third-order valence-corrected chi connectivity index (χ3v) is 6.93. The minimum absolute atomic E-state index is 0.0532. The Labute approximate surface area is 172 Å². The highest BCUT2D eigenvalue weighted by molar-refractivity contribution is 6.30. The van der Waals surface area contributed by atoms with E-state index in [1.165, 1.54) is 18.4 Å². The lowest BCUT2D eigenvalue weighted by Crippen LogP contribution is -2.51. The normalized spacial score (nSPS) is 20.6. The predicted octanol–water partition coefficient (Wildman–Crippen LogP) is 5.02. The van der Waals surface area contributed by atoms with Gasteiger partial charge in [-0.15, -0.1) is 0 Å². The molecule has 2 aliphatic rings. The van der Waals surface area contributed by atoms with Crippen LogP contribution in [0.4, 0.5) is 0 Å². The van der Waals surface area contributed by atoms with Crippen molar-refractivity contribution in [3.8, 4) is 0 Å². The average molecular weight is 398 g/mol. The van der Waals surface area contributed by atoms with Crippen molar-refractivity contribution < 1.29 is 9.53 Å². The summed E-state index contributed by atoms with van der Waals surface area (Å²) in [6.07, 6.45) is 6.08. The van der Waals surface area contributed by atoms with Crippen molar-refractivity contribution >= 4 is 17.5 Å². The third kappa shape index (κ3) is 3.70. The van der Waals surface area contributed by atoms with Gasteiger partial charge < -0.3 is 10.1 Å². The summed E-state index contributed by atoms with van der Waals surface area (Å²) < 4.78 is 5.58. The molecule has 2 fully saturated rings. The Hall–Kier alpha value is -1.84. The molecular weight excluding hydrogens is 370 g/mol. The van der Waals surface area contributed by atoms with Crippen LogP contribution < -0.4 is 5.32 Å². The highest BCUT2D eigenvalue weighted by atomic mass is 35.5. The molecule has 0 aromatic heterocycles. The number of carbonyl (C=O) groups excluding carboxylic acids is 1. The Balaban J connectivity index is 1.58. The molecule has 28 heavy (non-hydrogen) atoms. The zero-order chi connectivity index (χ0) is 19.5. The van der Waals surface area contributed by atoms with E-state index in [9.17, 15) is 4.79 Å². The minimum Gasteiger partial charge on any atom is -0.381 e. The van der Waals surface area contributed by atoms with Crippen LogP contribution in [0.3, 0.4) is 0 Å². The molecule has 2 aromatic carbocycles. The summed E-state index contributed by atoms with van der Waals surface area (Å²) in [6, 6.07) is 18.4. The number of amides is 1. The molecule has 0 bridgehead atoms. The summed E-state index contributed by atoms with van der Waals surface area (Å²) in [7, 11) is 0. The van der Waals surface area contributed by atoms with Crippen molar-refractivity contribution in [2.75, 3.05) is 19.8 Å². The molecule has 1 heterocycles. The van der Waals surface area contributed by atoms with Crippen LogP contribution in [-0.4, -0.2) is 25.7 Å². The fourth-order valence-corrected chi connectivity index (χ4v) is 5.17. The second-order valence-electron chi connectivity index (χ2n) is 8.24. The van der Waals surface area contributed by atoms with Gasteiger partial charge in [0.25, 0.3) is 0 Å². The fraction of sp³-hybridized carbons (Fsp3) is 0.458. The van der Waals surface area contributed by atoms with Crippen molar-refractivity contribution in [1.29, 1.82) is 0 Å². The van der Waals surface area contributed by atoms with Gasteiger partial charge in [0.15, 0.2) is 0 Å². The topological polar surface area (TPSA) is 38.3 Å². The molecule has 0 unspecified atom stereocenters. The Morgan fingerprint density at radius 1 is 0.929 bits per heavy atom. The molecule has 148 valence electrons. The van der Waals surface area contributed by atoms with Gasteiger partial charge in [0.2, 0.25) is 5.91 Å². The monoisotopic (exact) mass is 397 g/mol. The van der Waals surface area contributed by atoms with Gasteiger partial charge in [0, 0.05) is 30.2 Å². The number of ether oxygens (including phenoxy) is 1. The number of rotatable bonds is 5. The van der Waals surface area contributed by atoms with Crippen molar-refractivity contribution in [1.82, 2.24) is 5.32 Å². The Morgan fingerprint density at radius 3 is 2.29 bits per heavy atom. The van der Waals surface area contributed by atoms with Gasteiger partial charge in [-0.3, -0.25) is 4.79 Å². The van der Waals surface area contributed by atoms with Gasteiger partial charge in [0.05, 0.1) is 5.41 Å². The highest BCUT2D eigenvalue weighted by Crippen LogP contribution is 2.41. The summed E-state index contributed by atoms with van der Waals surface area (Å²) >= 11 is 6.25. The number of hydrogen-bond donors (Lipinski definition) is 1. The summed E-state index contributed by atoms with van der Waals surface area (Å²) in [5.74, 6) is 0.111. The van der Waals surface area contributed by atoms with E-state index in [2.05, 4.69) is 35.6 Å². The van der Waals surface area contributed by atoms with Gasteiger partial charge in [-0.05, 0) is 48.9 Å². The highest BCUT2D eigenvalue weighted by Gasteiger charge is 2.43. The van der Waals surface area contributed by atoms with E-state index in [0.29, 0.717) is 37.6 Å². The zero-order valence-corrected chi connectivity index (χ0v) is 17.0. The van der Waals surface area contributed by atoms with E-state index in [1.807, 2.05) is 24.3 Å². The second-order valence-corrected chi connectivity index (χ2v) is 8.68. The number of nitrogens with one attached hydrogen (secondary N) is 1. The first kappa shape index (κ1) is 19.5. The molecule has 1 aliphatic carbocycles. The Bertz CT molecular complexity index is 808. The molecule has 4 heteroatoms. The van der Waals surface area contributed by atoms with Crippen LogP contribution in [0.1, 0.15) is 49.7 Å². The number of hydrogen-bond acceptors (Lipinski definition) is 2. The van der Waals surface area contributed by atoms with Gasteiger partial charge in [-0.1, -0.05) is 66.9 Å². The Kier molecular flexibility index (Phi) is 5.75. The van der Waals surface area contributed by atoms with Crippen molar-refractivity contribution in [3.63, 3.8) is 0 Å². The fourth-order valence-electron chi connectivity index (χ4n) is 4.98. The maximum atomic E-state index is 13.6. The van der Waals surface area contributed by atoms with Crippen LogP contribution in [0.25, 0.3) is 0 Å². The molecule has 1 amide bonds. The SMILES string of the molecule is O=C(NCC1(c2ccccc2)CCCC1)C1(c2cccc(Cl)c2)CCOCC1. The molecule has 1 aliphatic heterocycles. The van der Waals surface area contributed by atoms with E-state index in [1.54, 1.807) is 0 Å². The molecule has 3 nitrogen and oxygen atoms in total. The molecule has 1 N–H and O–H groups in total. The first-order valence-electron chi connectivity index (χ1n) is 10.3. The largest absolute Gasteiger partial charge is 0.381 e. The van der Waals surface area contributed by atoms with E-state index in [0.717, 1.165) is 18.4 Å². The number of carbonyl (C=O) groups is 1. The smallest absolute Gasteiger partial charge is 0.230 e. The van der Waals surface area contributed by atoms with Crippen molar-refractivity contribution in [3.05, 3.63) is 70.7 Å². The number of benzene rings is 2. The average Bonchev–Trinajstić information content (AvgIpc) is 3.23. The van der Waals surface area contributed by atoms with Crippen LogP contribution in [0, 0.1) is 0 Å². The van der Waals surface area contributed by atoms with E-state index < -0.39 is 5.41 Å². The summed E-state index contributed by atoms with van der Waals surface area (Å²) in [5.41, 5.74) is 1.84. The van der Waals surface area contributed by atoms with E-state index >= 15 is 0 Å². The quantitative estimate of drug-likeness (QED) is 0.769. The van der Waals surface area contributed by atoms with Crippen LogP contribution in [-0.2, 0) is 20.4 Å². The molecule has 1 saturated carbocycles. The second kappa shape index (κ2) is 8.26. The Morgan fingerprint density at radius 2 is 1.61 bits per heavy atom. The van der Waals surface area contributed by atoms with Gasteiger partial charge in [0.1, 0.15) is 0 Å². The summed E-state index contributed by atoms with van der Waals surface area (Å²) in [6.45, 7) is 1.90. The van der Waals surface area contributed by atoms with Crippen LogP contribution in [0.15, 0.2) is 54.6 Å². The molecular formula is C24H28ClNO2. The molecule has 0 radical (unpaired) electrons. The van der Waals surface area contributed by atoms with Gasteiger partial charge in [-0.25, -0.2) is 0 Å². The summed E-state index contributed by atoms with van der Waals surface area (Å²) in [4.78, 5) is 13.6. The van der Waals surface area contributed by atoms with Crippen LogP contribution >= 0.6 is 11.6 Å². The molecule has 2 aromatic rings. The van der Waals surface area contributed by atoms with E-state index in [4.69, 9.17) is 16.3 Å². The predicted molar refractivity (Wildman–Crippen MR) is 113 cm³/mol. The number of halogens is 1. The molecule has 1 saturated heterocycles. The maximum Gasteiger partial charge on any atom is 0.230 e. The lowest BCUT2D eigenvalue weighted by molar-refractivity contribution is -0.130. The molecule has 4 rings (SSSR count). The summed E-state index contributed by atoms with van der Waals surface area (Å²) in [5, 5.41) is 4.03. The first-order valence-corrected chi connectivity index (χ1v) is 10.7. The van der Waals surface area contributed by atoms with Crippen molar-refractivity contribution in [2.24, 2.45) is 0 Å².